The van der Waals surface area contributed by atoms with Crippen LogP contribution in [0.5, 0.6) is 0 Å². The predicted molar refractivity (Wildman–Crippen MR) is 81.3 cm³/mol. The number of rotatable bonds is 1. The van der Waals surface area contributed by atoms with Crippen LogP contribution in [0.25, 0.3) is 10.9 Å². The number of alkyl halides is 3. The lowest BCUT2D eigenvalue weighted by atomic mass is 10.0. The minimum Gasteiger partial charge on any atom is -0.329 e. The molecule has 1 saturated heterocycles. The molecule has 1 aliphatic heterocycles. The highest BCUT2D eigenvalue weighted by molar-refractivity contribution is 5.85. The van der Waals surface area contributed by atoms with E-state index in [0.717, 1.165) is 0 Å². The van der Waals surface area contributed by atoms with Gasteiger partial charge in [0.05, 0.1) is 10.9 Å². The molecule has 1 atom stereocenters. The number of carbonyl (C=O) groups is 1. The molecule has 1 N–H and O–H groups in total. The maximum atomic E-state index is 13.4. The zero-order chi connectivity index (χ0) is 17.6. The number of nitrogens with zero attached hydrogens (tertiary/aromatic N) is 2. The summed E-state index contributed by atoms with van der Waals surface area (Å²) < 4.78 is 40.8. The number of halogens is 3. The number of piperidine rings is 1. The number of benzene rings is 1. The number of carbonyl (C=O) groups excluding carboxylic acids is 1. The van der Waals surface area contributed by atoms with Crippen molar-refractivity contribution in [2.24, 2.45) is 0 Å². The van der Waals surface area contributed by atoms with Gasteiger partial charge in [0.15, 0.2) is 0 Å². The van der Waals surface area contributed by atoms with Crippen LogP contribution in [0.4, 0.5) is 13.2 Å². The second-order valence-corrected chi connectivity index (χ2v) is 5.72. The monoisotopic (exact) mass is 337 g/mol. The standard InChI is InChI=1S/C16H14F3N3O2/c1-8-4-3-5-10-12(8)14(24)22(15(21-10)16(17,18)19)11-7-6-9(2)20-13(11)23/h3-5,11H,2,6-7H2,1H3,(H,20,23). The van der Waals surface area contributed by atoms with Gasteiger partial charge in [0.1, 0.15) is 6.04 Å². The third-order valence-electron chi connectivity index (χ3n) is 4.03. The van der Waals surface area contributed by atoms with Crippen molar-refractivity contribution in [3.63, 3.8) is 0 Å². The lowest BCUT2D eigenvalue weighted by Gasteiger charge is -2.27. The highest BCUT2D eigenvalue weighted by Crippen LogP contribution is 2.32. The van der Waals surface area contributed by atoms with Crippen molar-refractivity contribution >= 4 is 16.8 Å². The van der Waals surface area contributed by atoms with Gasteiger partial charge in [-0.1, -0.05) is 18.7 Å². The van der Waals surface area contributed by atoms with Crippen LogP contribution in [0.3, 0.4) is 0 Å². The number of hydrogen-bond donors (Lipinski definition) is 1. The molecule has 1 aliphatic rings. The first-order valence-corrected chi connectivity index (χ1v) is 7.28. The lowest BCUT2D eigenvalue weighted by Crippen LogP contribution is -2.43. The lowest BCUT2D eigenvalue weighted by molar-refractivity contribution is -0.149. The van der Waals surface area contributed by atoms with Gasteiger partial charge >= 0.3 is 6.18 Å². The molecule has 1 aromatic heterocycles. The zero-order valence-corrected chi connectivity index (χ0v) is 12.8. The average molecular weight is 337 g/mol. The van der Waals surface area contributed by atoms with E-state index in [1.807, 2.05) is 0 Å². The van der Waals surface area contributed by atoms with E-state index in [2.05, 4.69) is 16.9 Å². The third-order valence-corrected chi connectivity index (χ3v) is 4.03. The maximum absolute atomic E-state index is 13.4. The van der Waals surface area contributed by atoms with Crippen LogP contribution < -0.4 is 10.9 Å². The topological polar surface area (TPSA) is 64.0 Å². The van der Waals surface area contributed by atoms with Crippen LogP contribution >= 0.6 is 0 Å². The van der Waals surface area contributed by atoms with Gasteiger partial charge < -0.3 is 5.32 Å². The van der Waals surface area contributed by atoms with Gasteiger partial charge in [0.2, 0.25) is 11.7 Å². The highest BCUT2D eigenvalue weighted by Gasteiger charge is 2.41. The van der Waals surface area contributed by atoms with Gasteiger partial charge in [-0.2, -0.15) is 13.2 Å². The second-order valence-electron chi connectivity index (χ2n) is 5.72. The Morgan fingerprint density at radius 1 is 1.33 bits per heavy atom. The fraction of sp³-hybridized carbons (Fsp3) is 0.312. The van der Waals surface area contributed by atoms with Gasteiger partial charge in [-0.05, 0) is 31.4 Å². The normalized spacial score (nSPS) is 18.8. The Morgan fingerprint density at radius 3 is 2.67 bits per heavy atom. The minimum absolute atomic E-state index is 0.0378. The Labute approximate surface area is 134 Å². The van der Waals surface area contributed by atoms with Gasteiger partial charge in [-0.3, -0.25) is 14.2 Å². The molecule has 1 amide bonds. The summed E-state index contributed by atoms with van der Waals surface area (Å²) in [6.07, 6.45) is -4.50. The molecule has 0 saturated carbocycles. The molecule has 3 rings (SSSR count). The van der Waals surface area contributed by atoms with Gasteiger partial charge in [0, 0.05) is 5.70 Å². The second kappa shape index (κ2) is 5.47. The van der Waals surface area contributed by atoms with Crippen molar-refractivity contribution in [2.45, 2.75) is 32.0 Å². The van der Waals surface area contributed by atoms with Crippen molar-refractivity contribution in [3.05, 3.63) is 52.2 Å². The molecule has 2 heterocycles. The van der Waals surface area contributed by atoms with E-state index in [9.17, 15) is 22.8 Å². The molecule has 126 valence electrons. The summed E-state index contributed by atoms with van der Waals surface area (Å²) in [6.45, 7) is 5.21. The molecule has 24 heavy (non-hydrogen) atoms. The van der Waals surface area contributed by atoms with Gasteiger partial charge in [0.25, 0.3) is 5.56 Å². The fourth-order valence-corrected chi connectivity index (χ4v) is 2.91. The zero-order valence-electron chi connectivity index (χ0n) is 12.8. The first-order chi connectivity index (χ1) is 11.2. The Kier molecular flexibility index (Phi) is 3.70. The number of allylic oxidation sites excluding steroid dienone is 1. The molecular formula is C16H14F3N3O2. The van der Waals surface area contributed by atoms with Crippen molar-refractivity contribution in [1.82, 2.24) is 14.9 Å². The Hall–Kier alpha value is -2.64. The van der Waals surface area contributed by atoms with Gasteiger partial charge in [-0.25, -0.2) is 4.98 Å². The van der Waals surface area contributed by atoms with E-state index in [-0.39, 0.29) is 17.3 Å². The average Bonchev–Trinajstić information content (AvgIpc) is 2.47. The van der Waals surface area contributed by atoms with E-state index in [1.165, 1.54) is 12.1 Å². The van der Waals surface area contributed by atoms with E-state index < -0.39 is 29.5 Å². The third kappa shape index (κ3) is 2.57. The SMILES string of the molecule is C=C1CCC(n2c(C(F)(F)F)nc3cccc(C)c3c2=O)C(=O)N1. The molecule has 2 aromatic rings. The van der Waals surface area contributed by atoms with Crippen LogP contribution in [0, 0.1) is 6.92 Å². The largest absolute Gasteiger partial charge is 0.449 e. The fourth-order valence-electron chi connectivity index (χ4n) is 2.91. The predicted octanol–water partition coefficient (Wildman–Crippen LogP) is 2.69. The Bertz CT molecular complexity index is 915. The van der Waals surface area contributed by atoms with Crippen molar-refractivity contribution in [2.75, 3.05) is 0 Å². The van der Waals surface area contributed by atoms with Crippen LogP contribution in [-0.2, 0) is 11.0 Å². The van der Waals surface area contributed by atoms with Gasteiger partial charge in [-0.15, -0.1) is 0 Å². The van der Waals surface area contributed by atoms with E-state index >= 15 is 0 Å². The van der Waals surface area contributed by atoms with Crippen LogP contribution in [0.1, 0.15) is 30.3 Å². The Balaban J connectivity index is 2.34. The minimum atomic E-state index is -4.86. The molecule has 8 heteroatoms. The number of hydrogen-bond acceptors (Lipinski definition) is 3. The molecule has 1 unspecified atom stereocenters. The summed E-state index contributed by atoms with van der Waals surface area (Å²) in [5, 5.41) is 2.49. The first kappa shape index (κ1) is 16.2. The van der Waals surface area contributed by atoms with E-state index in [4.69, 9.17) is 0 Å². The maximum Gasteiger partial charge on any atom is 0.449 e. The molecule has 1 aromatic carbocycles. The summed E-state index contributed by atoms with van der Waals surface area (Å²) in [5.74, 6) is -2.05. The summed E-state index contributed by atoms with van der Waals surface area (Å²) in [4.78, 5) is 28.5. The first-order valence-electron chi connectivity index (χ1n) is 7.28. The van der Waals surface area contributed by atoms with Crippen molar-refractivity contribution in [3.8, 4) is 0 Å². The number of fused-ring (bicyclic) bond motifs is 1. The Morgan fingerprint density at radius 2 is 2.04 bits per heavy atom. The van der Waals surface area contributed by atoms with Crippen molar-refractivity contribution in [1.29, 1.82) is 0 Å². The van der Waals surface area contributed by atoms with E-state index in [0.29, 0.717) is 22.2 Å². The smallest absolute Gasteiger partial charge is 0.329 e. The number of nitrogens with one attached hydrogen (secondary N) is 1. The number of aryl methyl sites for hydroxylation is 1. The summed E-state index contributed by atoms with van der Waals surface area (Å²) in [6, 6.07) is 3.24. The molecule has 5 nitrogen and oxygen atoms in total. The molecule has 0 aliphatic carbocycles. The summed E-state index contributed by atoms with van der Waals surface area (Å²) in [5.41, 5.74) is 0.0261. The van der Waals surface area contributed by atoms with Crippen molar-refractivity contribution < 1.29 is 18.0 Å². The molecule has 0 radical (unpaired) electrons. The quantitative estimate of drug-likeness (QED) is 0.870. The van der Waals surface area contributed by atoms with Crippen LogP contribution in [0.15, 0.2) is 35.3 Å². The summed E-state index contributed by atoms with van der Waals surface area (Å²) >= 11 is 0. The molecule has 0 spiro atoms. The number of amides is 1. The highest BCUT2D eigenvalue weighted by atomic mass is 19.4. The number of aromatic nitrogens is 2. The van der Waals surface area contributed by atoms with Crippen LogP contribution in [0.2, 0.25) is 0 Å². The van der Waals surface area contributed by atoms with E-state index in [1.54, 1.807) is 13.0 Å². The van der Waals surface area contributed by atoms with Crippen LogP contribution in [-0.4, -0.2) is 15.5 Å². The summed E-state index contributed by atoms with van der Waals surface area (Å²) in [7, 11) is 0. The molecular weight excluding hydrogens is 323 g/mol. The molecule has 1 fully saturated rings. The molecule has 0 bridgehead atoms.